The molecule has 0 aliphatic carbocycles. The van der Waals surface area contributed by atoms with Crippen LogP contribution in [0.1, 0.15) is 13.8 Å². The van der Waals surface area contributed by atoms with Crippen molar-refractivity contribution < 1.29 is 17.2 Å². The second-order valence-electron chi connectivity index (χ2n) is 6.04. The molecule has 21 heavy (non-hydrogen) atoms. The fourth-order valence-electron chi connectivity index (χ4n) is 2.11. The van der Waals surface area contributed by atoms with Crippen LogP contribution in [0.25, 0.3) is 0 Å². The van der Waals surface area contributed by atoms with Gasteiger partial charge in [-0.3, -0.25) is 0 Å². The zero-order valence-corrected chi connectivity index (χ0v) is 13.4. The smallest absolute Gasteiger partial charge is 0.246 e. The molecule has 0 spiro atoms. The van der Waals surface area contributed by atoms with E-state index >= 15 is 0 Å². The third-order valence-corrected chi connectivity index (χ3v) is 4.23. The summed E-state index contributed by atoms with van der Waals surface area (Å²) in [4.78, 5) is 0.899. The molecule has 0 unspecified atom stereocenters. The molecule has 0 saturated heterocycles. The van der Waals surface area contributed by atoms with Crippen LogP contribution in [0.3, 0.4) is 0 Å². The average molecular weight is 321 g/mol. The van der Waals surface area contributed by atoms with Crippen LogP contribution in [0.2, 0.25) is 0 Å². The Hall–Kier alpha value is -1.25. The van der Waals surface area contributed by atoms with Crippen molar-refractivity contribution in [3.63, 3.8) is 0 Å². The number of nitrogens with zero attached hydrogens (tertiary/aromatic N) is 1. The van der Waals surface area contributed by atoms with Gasteiger partial charge in [-0.1, -0.05) is 13.8 Å². The number of nitrogens with one attached hydrogen (secondary N) is 1. The lowest BCUT2D eigenvalue weighted by Crippen LogP contribution is -2.40. The van der Waals surface area contributed by atoms with Gasteiger partial charge in [0.1, 0.15) is 11.6 Å². The van der Waals surface area contributed by atoms with Crippen molar-refractivity contribution in [2.45, 2.75) is 18.7 Å². The van der Waals surface area contributed by atoms with E-state index in [0.717, 1.165) is 12.1 Å². The number of hydrogen-bond acceptors (Lipinski definition) is 4. The number of halogens is 2. The summed E-state index contributed by atoms with van der Waals surface area (Å²) in [5, 5.41) is 0. The van der Waals surface area contributed by atoms with E-state index in [4.69, 9.17) is 5.73 Å². The molecule has 3 N–H and O–H groups in total. The van der Waals surface area contributed by atoms with Gasteiger partial charge < -0.3 is 10.6 Å². The third kappa shape index (κ3) is 4.90. The molecule has 0 amide bonds. The molecule has 0 bridgehead atoms. The Labute approximate surface area is 124 Å². The Bertz CT molecular complexity index is 593. The molecule has 0 fully saturated rings. The van der Waals surface area contributed by atoms with E-state index in [0.29, 0.717) is 6.54 Å². The maximum absolute atomic E-state index is 13.7. The van der Waals surface area contributed by atoms with Crippen LogP contribution < -0.4 is 10.5 Å². The van der Waals surface area contributed by atoms with Crippen LogP contribution in [0, 0.1) is 17.0 Å². The molecule has 8 heteroatoms. The molecule has 5 nitrogen and oxygen atoms in total. The first-order valence-electron chi connectivity index (χ1n) is 6.33. The summed E-state index contributed by atoms with van der Waals surface area (Å²) in [5.41, 5.74) is 4.71. The molecule has 1 aromatic carbocycles. The van der Waals surface area contributed by atoms with E-state index < -0.39 is 32.0 Å². The zero-order chi connectivity index (χ0) is 16.4. The molecule has 0 heterocycles. The zero-order valence-electron chi connectivity index (χ0n) is 12.6. The van der Waals surface area contributed by atoms with Crippen molar-refractivity contribution in [2.75, 3.05) is 32.9 Å². The molecular weight excluding hydrogens is 300 g/mol. The molecule has 0 aromatic heterocycles. The normalized spacial score (nSPS) is 12.9. The van der Waals surface area contributed by atoms with Crippen molar-refractivity contribution in [1.29, 1.82) is 0 Å². The lowest BCUT2D eigenvalue weighted by atomic mass is 9.93. The summed E-state index contributed by atoms with van der Waals surface area (Å²) in [6.45, 7) is 4.37. The molecule has 1 rings (SSSR count). The lowest BCUT2D eigenvalue weighted by molar-refractivity contribution is 0.242. The molecule has 0 atom stereocenters. The number of hydrogen-bond donors (Lipinski definition) is 2. The van der Waals surface area contributed by atoms with Crippen molar-refractivity contribution in [3.8, 4) is 0 Å². The van der Waals surface area contributed by atoms with Gasteiger partial charge in [-0.15, -0.1) is 0 Å². The molecule has 0 aliphatic heterocycles. The van der Waals surface area contributed by atoms with Crippen LogP contribution in [0.5, 0.6) is 0 Å². The van der Waals surface area contributed by atoms with Crippen molar-refractivity contribution in [2.24, 2.45) is 5.41 Å². The maximum Gasteiger partial charge on any atom is 0.246 e. The highest BCUT2D eigenvalue weighted by Crippen LogP contribution is 2.23. The predicted octanol–water partition coefficient (Wildman–Crippen LogP) is 1.41. The van der Waals surface area contributed by atoms with Gasteiger partial charge in [-0.05, 0) is 31.6 Å². The summed E-state index contributed by atoms with van der Waals surface area (Å²) in [7, 11) is -0.568. The van der Waals surface area contributed by atoms with Crippen molar-refractivity contribution in [1.82, 2.24) is 9.62 Å². The lowest BCUT2D eigenvalue weighted by Gasteiger charge is -2.28. The highest BCUT2D eigenvalue weighted by atomic mass is 32.2. The Morgan fingerprint density at radius 3 is 2.14 bits per heavy atom. The summed E-state index contributed by atoms with van der Waals surface area (Å²) in [5.74, 6) is -2.41. The van der Waals surface area contributed by atoms with E-state index in [2.05, 4.69) is 4.72 Å². The first kappa shape index (κ1) is 17.8. The van der Waals surface area contributed by atoms with E-state index in [1.807, 2.05) is 32.8 Å². The summed E-state index contributed by atoms with van der Waals surface area (Å²) >= 11 is 0. The Balaban J connectivity index is 2.98. The maximum atomic E-state index is 13.7. The molecule has 0 saturated carbocycles. The second-order valence-corrected chi connectivity index (χ2v) is 7.74. The molecule has 120 valence electrons. The SMILES string of the molecule is CN(C)CC(C)(C)CNS(=O)(=O)c1c(F)cc(N)cc1F. The average Bonchev–Trinajstić information content (AvgIpc) is 2.23. The Kier molecular flexibility index (Phi) is 5.30. The van der Waals surface area contributed by atoms with Crippen LogP contribution in [0.4, 0.5) is 14.5 Å². The van der Waals surface area contributed by atoms with Gasteiger partial charge in [0.05, 0.1) is 0 Å². The standard InChI is InChI=1S/C13H21F2N3O2S/c1-13(2,8-18(3)4)7-17-21(19,20)12-10(14)5-9(16)6-11(12)15/h5-6,17H,7-8,16H2,1-4H3. The van der Waals surface area contributed by atoms with Crippen molar-refractivity contribution in [3.05, 3.63) is 23.8 Å². The molecule has 0 aliphatic rings. The van der Waals surface area contributed by atoms with Crippen LogP contribution >= 0.6 is 0 Å². The minimum absolute atomic E-state index is 0.0524. The van der Waals surface area contributed by atoms with E-state index in [1.54, 1.807) is 0 Å². The van der Waals surface area contributed by atoms with E-state index in [9.17, 15) is 17.2 Å². The second kappa shape index (κ2) is 6.25. The third-order valence-electron chi connectivity index (χ3n) is 2.77. The van der Waals surface area contributed by atoms with Crippen LogP contribution in [-0.4, -0.2) is 40.5 Å². The number of nitrogens with two attached hydrogens (primary N) is 1. The Morgan fingerprint density at radius 1 is 1.24 bits per heavy atom. The molecule has 1 aromatic rings. The first-order chi connectivity index (χ1) is 9.44. The minimum atomic E-state index is -4.28. The van der Waals surface area contributed by atoms with Crippen LogP contribution in [-0.2, 0) is 10.0 Å². The quantitative estimate of drug-likeness (QED) is 0.777. The summed E-state index contributed by atoms with van der Waals surface area (Å²) in [6.07, 6.45) is 0. The van der Waals surface area contributed by atoms with Crippen molar-refractivity contribution >= 4 is 15.7 Å². The van der Waals surface area contributed by atoms with Gasteiger partial charge in [0.2, 0.25) is 10.0 Å². The van der Waals surface area contributed by atoms with E-state index in [1.165, 1.54) is 0 Å². The first-order valence-corrected chi connectivity index (χ1v) is 7.82. The summed E-state index contributed by atoms with van der Waals surface area (Å²) < 4.78 is 53.8. The Morgan fingerprint density at radius 2 is 1.71 bits per heavy atom. The number of sulfonamides is 1. The van der Waals surface area contributed by atoms with Gasteiger partial charge in [0.25, 0.3) is 0 Å². The fourth-order valence-corrected chi connectivity index (χ4v) is 3.47. The highest BCUT2D eigenvalue weighted by molar-refractivity contribution is 7.89. The minimum Gasteiger partial charge on any atom is -0.399 e. The van der Waals surface area contributed by atoms with Crippen LogP contribution in [0.15, 0.2) is 17.0 Å². The highest BCUT2D eigenvalue weighted by Gasteiger charge is 2.27. The monoisotopic (exact) mass is 321 g/mol. The largest absolute Gasteiger partial charge is 0.399 e. The number of nitrogen functional groups attached to an aromatic ring is 1. The topological polar surface area (TPSA) is 75.4 Å². The number of benzene rings is 1. The van der Waals surface area contributed by atoms with E-state index in [-0.39, 0.29) is 12.2 Å². The molecular formula is C13H21F2N3O2S. The van der Waals surface area contributed by atoms with Gasteiger partial charge in [-0.2, -0.15) is 0 Å². The molecule has 0 radical (unpaired) electrons. The number of rotatable bonds is 6. The fraction of sp³-hybridized carbons (Fsp3) is 0.538. The predicted molar refractivity (Wildman–Crippen MR) is 78.3 cm³/mol. The van der Waals surface area contributed by atoms with Gasteiger partial charge in [0, 0.05) is 18.8 Å². The van der Waals surface area contributed by atoms with Gasteiger partial charge in [0.15, 0.2) is 4.90 Å². The summed E-state index contributed by atoms with van der Waals surface area (Å²) in [6, 6.07) is 1.56. The van der Waals surface area contributed by atoms with Gasteiger partial charge >= 0.3 is 0 Å². The van der Waals surface area contributed by atoms with Gasteiger partial charge in [-0.25, -0.2) is 21.9 Å². The number of anilines is 1.